The van der Waals surface area contributed by atoms with Crippen LogP contribution >= 0.6 is 0 Å². The molecule has 1 atom stereocenters. The van der Waals surface area contributed by atoms with E-state index in [1.165, 1.54) is 19.2 Å². The Morgan fingerprint density at radius 2 is 2.20 bits per heavy atom. The lowest BCUT2D eigenvalue weighted by Crippen LogP contribution is -2.43. The van der Waals surface area contributed by atoms with Crippen LogP contribution in [-0.2, 0) is 16.0 Å². The summed E-state index contributed by atoms with van der Waals surface area (Å²) in [5, 5.41) is 11.7. The van der Waals surface area contributed by atoms with Gasteiger partial charge >= 0.3 is 5.97 Å². The van der Waals surface area contributed by atoms with Gasteiger partial charge in [0.05, 0.1) is 6.33 Å². The van der Waals surface area contributed by atoms with E-state index in [-0.39, 0.29) is 12.3 Å². The van der Waals surface area contributed by atoms with Crippen LogP contribution in [0.25, 0.3) is 0 Å². The maximum absolute atomic E-state index is 11.8. The normalized spacial score (nSPS) is 17.0. The summed E-state index contributed by atoms with van der Waals surface area (Å²) in [6.07, 6.45) is 5.96. The Morgan fingerprint density at radius 1 is 1.45 bits per heavy atom. The summed E-state index contributed by atoms with van der Waals surface area (Å²) in [6, 6.07) is -0.915. The molecule has 1 saturated heterocycles. The second-order valence-electron chi connectivity index (χ2n) is 5.04. The van der Waals surface area contributed by atoms with Gasteiger partial charge in [-0.25, -0.2) is 9.78 Å². The van der Waals surface area contributed by atoms with E-state index in [9.17, 15) is 9.59 Å². The first-order valence-electron chi connectivity index (χ1n) is 6.87. The average Bonchev–Trinajstić information content (AvgIpc) is 3.08. The molecule has 7 nitrogen and oxygen atoms in total. The van der Waals surface area contributed by atoms with E-state index in [2.05, 4.69) is 20.2 Å². The first-order valence-corrected chi connectivity index (χ1v) is 6.87. The van der Waals surface area contributed by atoms with Crippen molar-refractivity contribution in [1.82, 2.24) is 20.2 Å². The van der Waals surface area contributed by atoms with Gasteiger partial charge in [-0.15, -0.1) is 0 Å². The van der Waals surface area contributed by atoms with Gasteiger partial charge in [-0.2, -0.15) is 0 Å². The number of H-pyrrole nitrogens is 1. The van der Waals surface area contributed by atoms with Crippen molar-refractivity contribution in [2.75, 3.05) is 19.6 Å². The number of amides is 1. The fourth-order valence-corrected chi connectivity index (χ4v) is 2.35. The highest BCUT2D eigenvalue weighted by Crippen LogP contribution is 2.07. The van der Waals surface area contributed by atoms with Gasteiger partial charge in [0.15, 0.2) is 0 Å². The third kappa shape index (κ3) is 4.34. The van der Waals surface area contributed by atoms with Crippen molar-refractivity contribution in [3.63, 3.8) is 0 Å². The zero-order valence-corrected chi connectivity index (χ0v) is 11.3. The van der Waals surface area contributed by atoms with Crippen LogP contribution in [0.3, 0.4) is 0 Å². The lowest BCUT2D eigenvalue weighted by molar-refractivity contribution is -0.141. The zero-order valence-electron chi connectivity index (χ0n) is 11.3. The fourth-order valence-electron chi connectivity index (χ4n) is 2.35. The smallest absolute Gasteiger partial charge is 0.326 e. The molecular weight excluding hydrogens is 260 g/mol. The number of carboxylic acids is 1. The zero-order chi connectivity index (χ0) is 14.4. The molecule has 1 amide bonds. The Morgan fingerprint density at radius 3 is 2.80 bits per heavy atom. The number of aromatic nitrogens is 2. The number of imidazole rings is 1. The van der Waals surface area contributed by atoms with E-state index < -0.39 is 12.0 Å². The standard InChI is InChI=1S/C13H20N4O3/c18-12(3-6-17-4-1-2-5-17)16-11(13(19)20)7-10-8-14-9-15-10/h8-9,11H,1-7H2,(H,14,15)(H,16,18)(H,19,20)/t11-/m1/s1. The van der Waals surface area contributed by atoms with Gasteiger partial charge in [0.25, 0.3) is 0 Å². The molecule has 1 aliphatic heterocycles. The van der Waals surface area contributed by atoms with Crippen molar-refractivity contribution < 1.29 is 14.7 Å². The number of likely N-dealkylation sites (tertiary alicyclic amines) is 1. The predicted molar refractivity (Wildman–Crippen MR) is 72.1 cm³/mol. The van der Waals surface area contributed by atoms with Gasteiger partial charge in [-0.05, 0) is 25.9 Å². The van der Waals surface area contributed by atoms with Crippen LogP contribution in [0.15, 0.2) is 12.5 Å². The fraction of sp³-hybridized carbons (Fsp3) is 0.615. The summed E-state index contributed by atoms with van der Waals surface area (Å²) in [4.78, 5) is 31.9. The minimum atomic E-state index is -1.03. The molecular formula is C13H20N4O3. The largest absolute Gasteiger partial charge is 0.480 e. The van der Waals surface area contributed by atoms with Gasteiger partial charge in [0.2, 0.25) is 5.91 Å². The van der Waals surface area contributed by atoms with Crippen LogP contribution in [-0.4, -0.2) is 57.5 Å². The van der Waals surface area contributed by atoms with E-state index in [4.69, 9.17) is 5.11 Å². The molecule has 0 unspecified atom stereocenters. The number of aliphatic carboxylic acids is 1. The number of carbonyl (C=O) groups excluding carboxylic acids is 1. The molecule has 0 spiro atoms. The topological polar surface area (TPSA) is 98.3 Å². The number of nitrogens with zero attached hydrogens (tertiary/aromatic N) is 2. The second kappa shape index (κ2) is 7.04. The first-order chi connectivity index (χ1) is 9.65. The summed E-state index contributed by atoms with van der Waals surface area (Å²) >= 11 is 0. The lowest BCUT2D eigenvalue weighted by atomic mass is 10.1. The van der Waals surface area contributed by atoms with Crippen molar-refractivity contribution >= 4 is 11.9 Å². The van der Waals surface area contributed by atoms with Gasteiger partial charge < -0.3 is 20.3 Å². The molecule has 0 aliphatic carbocycles. The second-order valence-corrected chi connectivity index (χ2v) is 5.04. The van der Waals surface area contributed by atoms with E-state index in [0.29, 0.717) is 18.7 Å². The molecule has 1 fully saturated rings. The highest BCUT2D eigenvalue weighted by molar-refractivity contribution is 5.83. The molecule has 2 rings (SSSR count). The van der Waals surface area contributed by atoms with E-state index in [1.54, 1.807) is 6.20 Å². The first kappa shape index (κ1) is 14.5. The van der Waals surface area contributed by atoms with Gasteiger partial charge in [-0.3, -0.25) is 4.79 Å². The molecule has 7 heteroatoms. The Bertz CT molecular complexity index is 440. The van der Waals surface area contributed by atoms with Crippen LogP contribution in [0.5, 0.6) is 0 Å². The number of hydrogen-bond acceptors (Lipinski definition) is 4. The van der Waals surface area contributed by atoms with Gasteiger partial charge in [-0.1, -0.05) is 0 Å². The lowest BCUT2D eigenvalue weighted by Gasteiger charge is -2.16. The summed E-state index contributed by atoms with van der Waals surface area (Å²) < 4.78 is 0. The number of nitrogens with one attached hydrogen (secondary N) is 2. The molecule has 110 valence electrons. The van der Waals surface area contributed by atoms with Crippen molar-refractivity contribution in [2.24, 2.45) is 0 Å². The van der Waals surface area contributed by atoms with Gasteiger partial charge in [0, 0.05) is 31.3 Å². The molecule has 1 aliphatic rings. The maximum atomic E-state index is 11.8. The quantitative estimate of drug-likeness (QED) is 0.653. The molecule has 1 aromatic rings. The highest BCUT2D eigenvalue weighted by atomic mass is 16.4. The van der Waals surface area contributed by atoms with E-state index in [1.807, 2.05) is 0 Å². The van der Waals surface area contributed by atoms with Gasteiger partial charge in [0.1, 0.15) is 6.04 Å². The summed E-state index contributed by atoms with van der Waals surface area (Å²) in [6.45, 7) is 2.76. The minimum absolute atomic E-state index is 0.213. The summed E-state index contributed by atoms with van der Waals surface area (Å²) in [7, 11) is 0. The monoisotopic (exact) mass is 280 g/mol. The Hall–Kier alpha value is -1.89. The number of hydrogen-bond donors (Lipinski definition) is 3. The van der Waals surface area contributed by atoms with Crippen LogP contribution in [0.2, 0.25) is 0 Å². The SMILES string of the molecule is O=C(CCN1CCCC1)N[C@H](Cc1cnc[nH]1)C(=O)O. The Balaban J connectivity index is 1.78. The van der Waals surface area contributed by atoms with Crippen molar-refractivity contribution in [3.8, 4) is 0 Å². The van der Waals surface area contributed by atoms with Crippen LogP contribution in [0.4, 0.5) is 0 Å². The van der Waals surface area contributed by atoms with Crippen molar-refractivity contribution in [2.45, 2.75) is 31.7 Å². The third-order valence-electron chi connectivity index (χ3n) is 3.47. The van der Waals surface area contributed by atoms with E-state index in [0.717, 1.165) is 13.1 Å². The molecule has 3 N–H and O–H groups in total. The van der Waals surface area contributed by atoms with Crippen LogP contribution < -0.4 is 5.32 Å². The van der Waals surface area contributed by atoms with Crippen molar-refractivity contribution in [3.05, 3.63) is 18.2 Å². The Labute approximate surface area is 117 Å². The number of aromatic amines is 1. The molecule has 1 aromatic heterocycles. The predicted octanol–water partition coefficient (Wildman–Crippen LogP) is 0.00750. The van der Waals surface area contributed by atoms with E-state index >= 15 is 0 Å². The molecule has 0 saturated carbocycles. The molecule has 20 heavy (non-hydrogen) atoms. The Kier molecular flexibility index (Phi) is 5.11. The van der Waals surface area contributed by atoms with Crippen LogP contribution in [0.1, 0.15) is 25.0 Å². The third-order valence-corrected chi connectivity index (χ3v) is 3.47. The molecule has 0 bridgehead atoms. The number of carbonyl (C=O) groups is 2. The molecule has 0 radical (unpaired) electrons. The molecule has 2 heterocycles. The molecule has 0 aromatic carbocycles. The number of carboxylic acid groups (broad SMARTS) is 1. The number of rotatable bonds is 7. The highest BCUT2D eigenvalue weighted by Gasteiger charge is 2.21. The average molecular weight is 280 g/mol. The van der Waals surface area contributed by atoms with Crippen LogP contribution in [0, 0.1) is 0 Å². The summed E-state index contributed by atoms with van der Waals surface area (Å²) in [5.41, 5.74) is 0.692. The maximum Gasteiger partial charge on any atom is 0.326 e. The minimum Gasteiger partial charge on any atom is -0.480 e. The summed E-state index contributed by atoms with van der Waals surface area (Å²) in [5.74, 6) is -1.25. The van der Waals surface area contributed by atoms with Crippen molar-refractivity contribution in [1.29, 1.82) is 0 Å².